The summed E-state index contributed by atoms with van der Waals surface area (Å²) in [5.74, 6) is -0.00620. The molecule has 1 heterocycles. The van der Waals surface area contributed by atoms with E-state index in [2.05, 4.69) is 0 Å². The first-order valence-electron chi connectivity index (χ1n) is 10.2. The van der Waals surface area contributed by atoms with E-state index in [9.17, 15) is 23.0 Å². The highest BCUT2D eigenvalue weighted by Crippen LogP contribution is 2.50. The minimum Gasteiger partial charge on any atom is -0.507 e. The Bertz CT molecular complexity index is 1180. The molecule has 6 nitrogen and oxygen atoms in total. The predicted molar refractivity (Wildman–Crippen MR) is 120 cm³/mol. The van der Waals surface area contributed by atoms with Gasteiger partial charge in [0.15, 0.2) is 0 Å². The highest BCUT2D eigenvalue weighted by Gasteiger charge is 2.54. The van der Waals surface area contributed by atoms with Crippen molar-refractivity contribution in [3.8, 4) is 11.5 Å². The van der Waals surface area contributed by atoms with Crippen LogP contribution in [0.25, 0.3) is 0 Å². The van der Waals surface area contributed by atoms with Gasteiger partial charge in [-0.25, -0.2) is 12.8 Å². The smallest absolute Gasteiger partial charge is 0.241 e. The molecule has 3 unspecified atom stereocenters. The number of para-hydroxylation sites is 1. The maximum absolute atomic E-state index is 13.2. The zero-order chi connectivity index (χ0) is 22.9. The third-order valence-corrected chi connectivity index (χ3v) is 8.05. The van der Waals surface area contributed by atoms with E-state index in [4.69, 9.17) is 4.74 Å². The summed E-state index contributed by atoms with van der Waals surface area (Å²) in [4.78, 5) is 0. The average Bonchev–Trinajstić information content (AvgIpc) is 2.78. The maximum atomic E-state index is 13.2. The number of methoxy groups -OCH3 is 1. The summed E-state index contributed by atoms with van der Waals surface area (Å²) >= 11 is 0. The molecule has 0 aromatic heterocycles. The van der Waals surface area contributed by atoms with Crippen molar-refractivity contribution in [2.24, 2.45) is 0 Å². The van der Waals surface area contributed by atoms with Crippen LogP contribution in [0.15, 0.2) is 72.8 Å². The zero-order valence-corrected chi connectivity index (χ0v) is 18.2. The van der Waals surface area contributed by atoms with Crippen molar-refractivity contribution in [3.63, 3.8) is 0 Å². The van der Waals surface area contributed by atoms with Gasteiger partial charge in [-0.3, -0.25) is 4.31 Å². The number of nitrogens with zero attached hydrogens (tertiary/aromatic N) is 1. The predicted octanol–water partition coefficient (Wildman–Crippen LogP) is 4.31. The van der Waals surface area contributed by atoms with E-state index >= 15 is 0 Å². The Balaban J connectivity index is 1.64. The van der Waals surface area contributed by atoms with Crippen molar-refractivity contribution < 1.29 is 27.8 Å². The molecule has 2 N–H and O–H groups in total. The van der Waals surface area contributed by atoms with Gasteiger partial charge < -0.3 is 14.9 Å². The minimum absolute atomic E-state index is 0.0609. The highest BCUT2D eigenvalue weighted by atomic mass is 32.2. The van der Waals surface area contributed by atoms with Crippen molar-refractivity contribution in [1.29, 1.82) is 0 Å². The quantitative estimate of drug-likeness (QED) is 0.552. The Labute approximate surface area is 186 Å². The summed E-state index contributed by atoms with van der Waals surface area (Å²) in [5, 5.41) is 20.3. The van der Waals surface area contributed by atoms with Crippen LogP contribution in [0.2, 0.25) is 0 Å². The Hall–Kier alpha value is -3.10. The molecule has 0 spiro atoms. The van der Waals surface area contributed by atoms with Gasteiger partial charge in [-0.2, -0.15) is 0 Å². The van der Waals surface area contributed by atoms with E-state index in [1.807, 2.05) is 0 Å². The van der Waals surface area contributed by atoms with Gasteiger partial charge in [0.05, 0.1) is 24.9 Å². The number of phenolic OH excluding ortho intramolecular Hbond substituents is 1. The molecule has 32 heavy (non-hydrogen) atoms. The lowest BCUT2D eigenvalue weighted by Crippen LogP contribution is -2.58. The molecule has 8 heteroatoms. The molecule has 0 radical (unpaired) electrons. The van der Waals surface area contributed by atoms with Crippen LogP contribution in [-0.2, 0) is 10.0 Å². The van der Waals surface area contributed by atoms with Crippen LogP contribution in [0.5, 0.6) is 11.5 Å². The van der Waals surface area contributed by atoms with E-state index in [0.717, 1.165) is 0 Å². The molecule has 1 fully saturated rings. The van der Waals surface area contributed by atoms with Gasteiger partial charge in [0.1, 0.15) is 22.6 Å². The Morgan fingerprint density at radius 3 is 2.38 bits per heavy atom. The second-order valence-corrected chi connectivity index (χ2v) is 9.76. The second kappa shape index (κ2) is 8.80. The summed E-state index contributed by atoms with van der Waals surface area (Å²) in [6, 6.07) is 18.3. The zero-order valence-electron chi connectivity index (χ0n) is 17.4. The number of hydrogen-bond donors (Lipinski definition) is 2. The second-order valence-electron chi connectivity index (χ2n) is 7.73. The van der Waals surface area contributed by atoms with Crippen LogP contribution in [0.4, 0.5) is 10.1 Å². The van der Waals surface area contributed by atoms with Crippen molar-refractivity contribution in [2.45, 2.75) is 30.2 Å². The largest absolute Gasteiger partial charge is 0.507 e. The Kier molecular flexibility index (Phi) is 6.08. The number of hydrogen-bond acceptors (Lipinski definition) is 5. The molecule has 0 bridgehead atoms. The number of ether oxygens (including phenoxy) is 1. The number of aliphatic hydroxyl groups excluding tert-OH is 1. The van der Waals surface area contributed by atoms with Gasteiger partial charge in [0.25, 0.3) is 0 Å². The molecule has 168 valence electrons. The molecule has 3 atom stereocenters. The van der Waals surface area contributed by atoms with E-state index in [-0.39, 0.29) is 18.6 Å². The van der Waals surface area contributed by atoms with Crippen LogP contribution < -0.4 is 9.04 Å². The lowest BCUT2D eigenvalue weighted by Gasteiger charge is -2.48. The summed E-state index contributed by atoms with van der Waals surface area (Å²) < 4.78 is 46.1. The number of benzene rings is 3. The molecular formula is C24H24FNO5S. The van der Waals surface area contributed by atoms with Gasteiger partial charge in [-0.05, 0) is 54.8 Å². The molecule has 1 aliphatic heterocycles. The third kappa shape index (κ3) is 4.03. The molecule has 0 aliphatic carbocycles. The van der Waals surface area contributed by atoms with Gasteiger partial charge >= 0.3 is 0 Å². The first-order valence-corrected chi connectivity index (χ1v) is 11.7. The van der Waals surface area contributed by atoms with Crippen LogP contribution >= 0.6 is 0 Å². The lowest BCUT2D eigenvalue weighted by atomic mass is 9.95. The molecule has 3 aromatic rings. The van der Waals surface area contributed by atoms with E-state index < -0.39 is 33.2 Å². The van der Waals surface area contributed by atoms with E-state index in [1.54, 1.807) is 42.5 Å². The lowest BCUT2D eigenvalue weighted by molar-refractivity contribution is 0.162. The molecule has 1 aliphatic rings. The van der Waals surface area contributed by atoms with Gasteiger partial charge in [-0.15, -0.1) is 0 Å². The highest BCUT2D eigenvalue weighted by molar-refractivity contribution is 7.95. The fourth-order valence-electron chi connectivity index (χ4n) is 4.15. The fraction of sp³-hybridized carbons (Fsp3) is 0.250. The van der Waals surface area contributed by atoms with Crippen LogP contribution in [0, 0.1) is 5.82 Å². The molecule has 4 rings (SSSR count). The maximum Gasteiger partial charge on any atom is 0.241 e. The normalized spacial score (nSPS) is 20.4. The van der Waals surface area contributed by atoms with E-state index in [1.165, 1.54) is 41.7 Å². The molecule has 0 amide bonds. The number of rotatable bonds is 7. The van der Waals surface area contributed by atoms with Gasteiger partial charge in [-0.1, -0.05) is 30.3 Å². The monoisotopic (exact) mass is 457 g/mol. The topological polar surface area (TPSA) is 87.1 Å². The Morgan fingerprint density at radius 2 is 1.75 bits per heavy atom. The average molecular weight is 458 g/mol. The van der Waals surface area contributed by atoms with E-state index in [0.29, 0.717) is 22.6 Å². The molecule has 0 saturated carbocycles. The molecule has 3 aromatic carbocycles. The summed E-state index contributed by atoms with van der Waals surface area (Å²) in [6.07, 6.45) is -0.590. The molecular weight excluding hydrogens is 433 g/mol. The number of aliphatic hydroxyl groups is 1. The number of phenols is 1. The van der Waals surface area contributed by atoms with Gasteiger partial charge in [0, 0.05) is 11.6 Å². The van der Waals surface area contributed by atoms with Crippen molar-refractivity contribution in [1.82, 2.24) is 0 Å². The van der Waals surface area contributed by atoms with Crippen LogP contribution in [0.3, 0.4) is 0 Å². The first kappa shape index (κ1) is 22.1. The van der Waals surface area contributed by atoms with Gasteiger partial charge in [0.2, 0.25) is 10.0 Å². The number of aromatic hydroxyl groups is 1. The standard InChI is InChI=1S/C24H24FNO5S/c1-31-19-11-12-20(22(28)15-19)24-23(14-13-21(27)16-7-9-17(25)10-8-16)32(29,30)26(24)18-5-3-2-4-6-18/h2-12,15,21,23-24,27-28H,13-14H2,1H3. The fourth-order valence-corrected chi connectivity index (χ4v) is 6.26. The molecule has 1 saturated heterocycles. The first-order chi connectivity index (χ1) is 15.3. The summed E-state index contributed by atoms with van der Waals surface area (Å²) in [6.45, 7) is 0. The summed E-state index contributed by atoms with van der Waals surface area (Å²) in [7, 11) is -2.23. The van der Waals surface area contributed by atoms with Crippen LogP contribution in [0.1, 0.15) is 36.1 Å². The Morgan fingerprint density at radius 1 is 1.06 bits per heavy atom. The minimum atomic E-state index is -3.71. The SMILES string of the molecule is COc1ccc(C2C(CCC(O)c3ccc(F)cc3)S(=O)(=O)N2c2ccccc2)c(O)c1. The van der Waals surface area contributed by atoms with Crippen molar-refractivity contribution in [3.05, 3.63) is 89.7 Å². The summed E-state index contributed by atoms with van der Waals surface area (Å²) in [5.41, 5.74) is 1.49. The third-order valence-electron chi connectivity index (χ3n) is 5.81. The number of halogens is 1. The number of anilines is 1. The van der Waals surface area contributed by atoms with Crippen molar-refractivity contribution in [2.75, 3.05) is 11.4 Å². The van der Waals surface area contributed by atoms with Crippen LogP contribution in [-0.4, -0.2) is 31.0 Å². The number of sulfonamides is 1. The van der Waals surface area contributed by atoms with Crippen molar-refractivity contribution >= 4 is 15.7 Å².